The highest BCUT2D eigenvalue weighted by atomic mass is 16.6. The van der Waals surface area contributed by atoms with Crippen LogP contribution in [0.5, 0.6) is 0 Å². The molecule has 0 aromatic heterocycles. The zero-order valence-electron chi connectivity index (χ0n) is 13.5. The van der Waals surface area contributed by atoms with Crippen LogP contribution >= 0.6 is 0 Å². The Morgan fingerprint density at radius 1 is 1.18 bits per heavy atom. The van der Waals surface area contributed by atoms with E-state index < -0.39 is 18.0 Å². The molecule has 0 N–H and O–H groups in total. The zero-order chi connectivity index (χ0) is 16.4. The van der Waals surface area contributed by atoms with E-state index in [1.54, 1.807) is 19.9 Å². The van der Waals surface area contributed by atoms with E-state index in [9.17, 15) is 9.59 Å². The third-order valence-corrected chi connectivity index (χ3v) is 3.27. The first-order chi connectivity index (χ1) is 10.6. The predicted octanol–water partition coefficient (Wildman–Crippen LogP) is 3.61. The van der Waals surface area contributed by atoms with Crippen LogP contribution in [-0.4, -0.2) is 24.6 Å². The van der Waals surface area contributed by atoms with E-state index in [0.717, 1.165) is 12.0 Å². The van der Waals surface area contributed by atoms with Crippen molar-refractivity contribution in [2.75, 3.05) is 6.61 Å². The summed E-state index contributed by atoms with van der Waals surface area (Å²) in [5, 5.41) is 0. The average molecular weight is 304 g/mol. The van der Waals surface area contributed by atoms with Gasteiger partial charge in [-0.05, 0) is 31.9 Å². The van der Waals surface area contributed by atoms with Crippen molar-refractivity contribution < 1.29 is 19.1 Å². The second-order valence-corrected chi connectivity index (χ2v) is 5.05. The van der Waals surface area contributed by atoms with E-state index in [-0.39, 0.29) is 5.97 Å². The van der Waals surface area contributed by atoms with E-state index in [0.29, 0.717) is 13.0 Å². The van der Waals surface area contributed by atoms with Crippen LogP contribution in [0.25, 0.3) is 6.08 Å². The summed E-state index contributed by atoms with van der Waals surface area (Å²) in [7, 11) is 0. The minimum Gasteiger partial charge on any atom is -0.466 e. The van der Waals surface area contributed by atoms with Crippen molar-refractivity contribution in [2.45, 2.75) is 39.7 Å². The second kappa shape index (κ2) is 9.77. The lowest BCUT2D eigenvalue weighted by molar-refractivity contribution is -0.158. The van der Waals surface area contributed by atoms with E-state index in [2.05, 4.69) is 0 Å². The summed E-state index contributed by atoms with van der Waals surface area (Å²) in [6.07, 6.45) is 4.07. The van der Waals surface area contributed by atoms with E-state index >= 15 is 0 Å². The maximum absolute atomic E-state index is 11.9. The molecule has 0 bridgehead atoms. The second-order valence-electron chi connectivity index (χ2n) is 5.05. The fourth-order valence-corrected chi connectivity index (χ4v) is 2.04. The molecule has 1 rings (SSSR count). The number of esters is 2. The highest BCUT2D eigenvalue weighted by Crippen LogP contribution is 2.16. The molecule has 0 heterocycles. The summed E-state index contributed by atoms with van der Waals surface area (Å²) in [5.74, 6) is -1.24. The molecule has 120 valence electrons. The third kappa shape index (κ3) is 6.12. The fourth-order valence-electron chi connectivity index (χ4n) is 2.04. The summed E-state index contributed by atoms with van der Waals surface area (Å²) >= 11 is 0. The first-order valence-electron chi connectivity index (χ1n) is 7.68. The minimum absolute atomic E-state index is 0.323. The van der Waals surface area contributed by atoms with Gasteiger partial charge in [-0.3, -0.25) is 4.79 Å². The zero-order valence-corrected chi connectivity index (χ0v) is 13.5. The summed E-state index contributed by atoms with van der Waals surface area (Å²) < 4.78 is 10.4. The molecule has 0 radical (unpaired) electrons. The van der Waals surface area contributed by atoms with Gasteiger partial charge in [0.1, 0.15) is 6.10 Å². The van der Waals surface area contributed by atoms with Gasteiger partial charge in [-0.1, -0.05) is 43.7 Å². The first-order valence-corrected chi connectivity index (χ1v) is 7.68. The van der Waals surface area contributed by atoms with Gasteiger partial charge in [0.15, 0.2) is 0 Å². The van der Waals surface area contributed by atoms with Gasteiger partial charge in [0.05, 0.1) is 12.5 Å². The number of carbonyl (C=O) groups excluding carboxylic acids is 2. The predicted molar refractivity (Wildman–Crippen MR) is 86.1 cm³/mol. The maximum atomic E-state index is 11.9. The molecule has 4 nitrogen and oxygen atoms in total. The molecule has 0 spiro atoms. The van der Waals surface area contributed by atoms with Gasteiger partial charge in [-0.15, -0.1) is 0 Å². The summed E-state index contributed by atoms with van der Waals surface area (Å²) in [5.41, 5.74) is 0.921. The molecule has 0 aliphatic heterocycles. The molecular weight excluding hydrogens is 280 g/mol. The van der Waals surface area contributed by atoms with Crippen molar-refractivity contribution in [1.82, 2.24) is 0 Å². The molecule has 1 aromatic carbocycles. The Labute approximate surface area is 132 Å². The van der Waals surface area contributed by atoms with Crippen LogP contribution < -0.4 is 0 Å². The number of ether oxygens (including phenoxy) is 2. The molecular formula is C18H24O4. The van der Waals surface area contributed by atoms with Crippen molar-refractivity contribution in [1.29, 1.82) is 0 Å². The van der Waals surface area contributed by atoms with Gasteiger partial charge in [0, 0.05) is 6.08 Å². The van der Waals surface area contributed by atoms with Gasteiger partial charge in [-0.25, -0.2) is 4.79 Å². The first kappa shape index (κ1) is 18.0. The van der Waals surface area contributed by atoms with Crippen molar-refractivity contribution in [3.8, 4) is 0 Å². The average Bonchev–Trinajstić information content (AvgIpc) is 2.53. The number of rotatable bonds is 8. The Morgan fingerprint density at radius 2 is 1.86 bits per heavy atom. The molecule has 2 atom stereocenters. The number of carbonyl (C=O) groups is 2. The van der Waals surface area contributed by atoms with Crippen molar-refractivity contribution in [3.63, 3.8) is 0 Å². The van der Waals surface area contributed by atoms with Crippen LogP contribution in [0.3, 0.4) is 0 Å². The number of hydrogen-bond acceptors (Lipinski definition) is 4. The molecule has 22 heavy (non-hydrogen) atoms. The van der Waals surface area contributed by atoms with Crippen molar-refractivity contribution >= 4 is 18.0 Å². The molecule has 0 aliphatic rings. The normalized spacial score (nSPS) is 13.6. The lowest BCUT2D eigenvalue weighted by Crippen LogP contribution is -2.31. The number of benzene rings is 1. The van der Waals surface area contributed by atoms with E-state index in [4.69, 9.17) is 9.47 Å². The summed E-state index contributed by atoms with van der Waals surface area (Å²) in [6.45, 7) is 5.79. The molecule has 0 aliphatic carbocycles. The molecule has 4 heteroatoms. The monoisotopic (exact) mass is 304 g/mol. The molecule has 0 fully saturated rings. The van der Waals surface area contributed by atoms with E-state index in [1.807, 2.05) is 37.3 Å². The highest BCUT2D eigenvalue weighted by molar-refractivity contribution is 5.87. The van der Waals surface area contributed by atoms with Crippen LogP contribution in [0.2, 0.25) is 0 Å². The van der Waals surface area contributed by atoms with Crippen molar-refractivity contribution in [2.24, 2.45) is 5.92 Å². The molecule has 1 aromatic rings. The quantitative estimate of drug-likeness (QED) is 0.544. The Morgan fingerprint density at radius 3 is 2.45 bits per heavy atom. The fraction of sp³-hybridized carbons (Fsp3) is 0.444. The lowest BCUT2D eigenvalue weighted by Gasteiger charge is -2.21. The maximum Gasteiger partial charge on any atom is 0.331 e. The van der Waals surface area contributed by atoms with Gasteiger partial charge in [-0.2, -0.15) is 0 Å². The minimum atomic E-state index is -0.464. The largest absolute Gasteiger partial charge is 0.466 e. The lowest BCUT2D eigenvalue weighted by atomic mass is 10.0. The molecule has 0 amide bonds. The summed E-state index contributed by atoms with van der Waals surface area (Å²) in [4.78, 5) is 23.7. The third-order valence-electron chi connectivity index (χ3n) is 3.27. The number of hydrogen-bond donors (Lipinski definition) is 0. The van der Waals surface area contributed by atoms with Gasteiger partial charge in [0.25, 0.3) is 0 Å². The van der Waals surface area contributed by atoms with Crippen LogP contribution in [0, 0.1) is 5.92 Å². The van der Waals surface area contributed by atoms with Crippen molar-refractivity contribution in [3.05, 3.63) is 42.0 Å². The Balaban J connectivity index is 2.63. The van der Waals surface area contributed by atoms with E-state index in [1.165, 1.54) is 6.08 Å². The summed E-state index contributed by atoms with van der Waals surface area (Å²) in [6, 6.07) is 9.50. The molecule has 0 saturated carbocycles. The van der Waals surface area contributed by atoms with Gasteiger partial charge in [0.2, 0.25) is 0 Å². The molecule has 2 unspecified atom stereocenters. The van der Waals surface area contributed by atoms with Crippen LogP contribution in [-0.2, 0) is 19.1 Å². The smallest absolute Gasteiger partial charge is 0.331 e. The molecule has 0 saturated heterocycles. The Hall–Kier alpha value is -2.10. The topological polar surface area (TPSA) is 52.6 Å². The Kier molecular flexibility index (Phi) is 7.97. The van der Waals surface area contributed by atoms with Gasteiger partial charge >= 0.3 is 11.9 Å². The van der Waals surface area contributed by atoms with Crippen LogP contribution in [0.1, 0.15) is 39.2 Å². The standard InChI is InChI=1S/C18H24O4/c1-4-9-16(14(3)18(20)21-5-2)22-17(19)13-12-15-10-7-6-8-11-15/h6-8,10-14,16H,4-5,9H2,1-3H3/b13-12+. The highest BCUT2D eigenvalue weighted by Gasteiger charge is 2.27. The SMILES string of the molecule is CCCC(OC(=O)/C=C/c1ccccc1)C(C)C(=O)OCC. The Bertz CT molecular complexity index is 493. The van der Waals surface area contributed by atoms with Crippen LogP contribution in [0.4, 0.5) is 0 Å². The van der Waals surface area contributed by atoms with Crippen LogP contribution in [0.15, 0.2) is 36.4 Å². The van der Waals surface area contributed by atoms with Gasteiger partial charge < -0.3 is 9.47 Å².